The number of hydrogen-bond donors (Lipinski definition) is 0. The second kappa shape index (κ2) is 5.47. The van der Waals surface area contributed by atoms with Gasteiger partial charge in [0.25, 0.3) is 5.78 Å². The Morgan fingerprint density at radius 1 is 1.21 bits per heavy atom. The van der Waals surface area contributed by atoms with Crippen LogP contribution in [0.5, 0.6) is 5.75 Å². The Morgan fingerprint density at radius 3 is 2.26 bits per heavy atom. The molecular weight excluding hydrogens is 257 g/mol. The smallest absolute Gasteiger partial charge is 0.454 e. The molecule has 0 saturated carbocycles. The van der Waals surface area contributed by atoms with Crippen LogP contribution in [-0.4, -0.2) is 19.1 Å². The van der Waals surface area contributed by atoms with Crippen LogP contribution in [0.25, 0.3) is 6.08 Å². The van der Waals surface area contributed by atoms with Gasteiger partial charge in [0.1, 0.15) is 5.75 Å². The maximum atomic E-state index is 12.1. The standard InChI is InChI=1S/C14H15F3O2/c1-8-7-12(19-4)10(3)9(2)11(8)5-6-13(18)14(15,16)17/h5-7H,1-4H3. The van der Waals surface area contributed by atoms with Crippen LogP contribution < -0.4 is 4.74 Å². The van der Waals surface area contributed by atoms with E-state index < -0.39 is 12.0 Å². The summed E-state index contributed by atoms with van der Waals surface area (Å²) in [7, 11) is 1.53. The number of alkyl halides is 3. The summed E-state index contributed by atoms with van der Waals surface area (Å²) in [6.07, 6.45) is -3.08. The Kier molecular flexibility index (Phi) is 4.39. The molecule has 0 atom stereocenters. The monoisotopic (exact) mass is 272 g/mol. The van der Waals surface area contributed by atoms with E-state index in [-0.39, 0.29) is 0 Å². The molecule has 0 aliphatic heterocycles. The minimum absolute atomic E-state index is 0.557. The van der Waals surface area contributed by atoms with Gasteiger partial charge in [-0.2, -0.15) is 13.2 Å². The van der Waals surface area contributed by atoms with Gasteiger partial charge in [-0.25, -0.2) is 0 Å². The van der Waals surface area contributed by atoms with Gasteiger partial charge >= 0.3 is 6.18 Å². The van der Waals surface area contributed by atoms with Crippen molar-refractivity contribution in [2.24, 2.45) is 0 Å². The van der Waals surface area contributed by atoms with Crippen molar-refractivity contribution in [3.8, 4) is 5.75 Å². The quantitative estimate of drug-likeness (QED) is 0.783. The first kappa shape index (κ1) is 15.3. The number of carbonyl (C=O) groups excluding carboxylic acids is 1. The first-order valence-corrected chi connectivity index (χ1v) is 5.62. The van der Waals surface area contributed by atoms with Crippen molar-refractivity contribution in [1.29, 1.82) is 0 Å². The molecule has 0 heterocycles. The van der Waals surface area contributed by atoms with E-state index in [0.29, 0.717) is 17.4 Å². The molecule has 0 saturated heterocycles. The minimum Gasteiger partial charge on any atom is -0.496 e. The predicted octanol–water partition coefficient (Wildman–Crippen LogP) is 3.77. The van der Waals surface area contributed by atoms with Gasteiger partial charge in [-0.05, 0) is 55.2 Å². The zero-order valence-corrected chi connectivity index (χ0v) is 11.2. The fraction of sp³-hybridized carbons (Fsp3) is 0.357. The summed E-state index contributed by atoms with van der Waals surface area (Å²) >= 11 is 0. The van der Waals surface area contributed by atoms with E-state index in [1.54, 1.807) is 19.9 Å². The normalized spacial score (nSPS) is 11.9. The zero-order chi connectivity index (χ0) is 14.8. The lowest BCUT2D eigenvalue weighted by Crippen LogP contribution is -2.19. The number of methoxy groups -OCH3 is 1. The molecule has 0 bridgehead atoms. The van der Waals surface area contributed by atoms with E-state index in [0.717, 1.165) is 16.7 Å². The van der Waals surface area contributed by atoms with E-state index in [4.69, 9.17) is 4.74 Å². The van der Waals surface area contributed by atoms with Crippen molar-refractivity contribution in [1.82, 2.24) is 0 Å². The summed E-state index contributed by atoms with van der Waals surface area (Å²) in [5, 5.41) is 0. The largest absolute Gasteiger partial charge is 0.496 e. The molecule has 5 heteroatoms. The maximum Gasteiger partial charge on any atom is 0.454 e. The summed E-state index contributed by atoms with van der Waals surface area (Å²) in [5.41, 5.74) is 3.00. The molecule has 0 radical (unpaired) electrons. The van der Waals surface area contributed by atoms with Crippen LogP contribution in [-0.2, 0) is 4.79 Å². The minimum atomic E-state index is -4.83. The van der Waals surface area contributed by atoms with Crippen molar-refractivity contribution in [2.75, 3.05) is 7.11 Å². The Bertz CT molecular complexity index is 528. The number of ketones is 1. The third-order valence-electron chi connectivity index (χ3n) is 3.01. The van der Waals surface area contributed by atoms with Crippen molar-refractivity contribution in [3.05, 3.63) is 34.4 Å². The molecule has 19 heavy (non-hydrogen) atoms. The molecule has 0 aliphatic rings. The van der Waals surface area contributed by atoms with E-state index in [2.05, 4.69) is 0 Å². The number of hydrogen-bond acceptors (Lipinski definition) is 2. The van der Waals surface area contributed by atoms with E-state index in [9.17, 15) is 18.0 Å². The third kappa shape index (κ3) is 3.36. The highest BCUT2D eigenvalue weighted by Crippen LogP contribution is 2.28. The van der Waals surface area contributed by atoms with Crippen LogP contribution in [0.2, 0.25) is 0 Å². The van der Waals surface area contributed by atoms with Gasteiger partial charge in [-0.15, -0.1) is 0 Å². The fourth-order valence-electron chi connectivity index (χ4n) is 1.79. The molecule has 0 aliphatic carbocycles. The van der Waals surface area contributed by atoms with Gasteiger partial charge in [-0.3, -0.25) is 4.79 Å². The lowest BCUT2D eigenvalue weighted by molar-refractivity contribution is -0.165. The van der Waals surface area contributed by atoms with Gasteiger partial charge in [0, 0.05) is 0 Å². The predicted molar refractivity (Wildman–Crippen MR) is 67.3 cm³/mol. The molecule has 0 unspecified atom stereocenters. The number of halogens is 3. The van der Waals surface area contributed by atoms with Gasteiger partial charge in [0.15, 0.2) is 0 Å². The highest BCUT2D eigenvalue weighted by molar-refractivity contribution is 5.98. The zero-order valence-electron chi connectivity index (χ0n) is 11.2. The molecular formula is C14H15F3O2. The molecule has 0 spiro atoms. The van der Waals surface area contributed by atoms with Crippen LogP contribution in [0.3, 0.4) is 0 Å². The molecule has 0 amide bonds. The SMILES string of the molecule is COc1cc(C)c(C=CC(=O)C(F)(F)F)c(C)c1C. The molecule has 0 aromatic heterocycles. The maximum absolute atomic E-state index is 12.1. The second-order valence-electron chi connectivity index (χ2n) is 4.25. The van der Waals surface area contributed by atoms with Crippen molar-refractivity contribution in [2.45, 2.75) is 26.9 Å². The molecule has 1 rings (SSSR count). The number of benzene rings is 1. The summed E-state index contributed by atoms with van der Waals surface area (Å²) in [6, 6.07) is 1.74. The second-order valence-corrected chi connectivity index (χ2v) is 4.25. The molecule has 1 aromatic rings. The summed E-state index contributed by atoms with van der Waals surface area (Å²) in [6.45, 7) is 5.35. The number of allylic oxidation sites excluding steroid dienone is 1. The molecule has 2 nitrogen and oxygen atoms in total. The molecule has 1 aromatic carbocycles. The highest BCUT2D eigenvalue weighted by Gasteiger charge is 2.36. The van der Waals surface area contributed by atoms with E-state index in [1.165, 1.54) is 13.2 Å². The van der Waals surface area contributed by atoms with Gasteiger partial charge in [0.05, 0.1) is 7.11 Å². The average Bonchev–Trinajstić information content (AvgIpc) is 2.32. The average molecular weight is 272 g/mol. The van der Waals surface area contributed by atoms with Crippen LogP contribution in [0.4, 0.5) is 13.2 Å². The van der Waals surface area contributed by atoms with Crippen molar-refractivity contribution in [3.63, 3.8) is 0 Å². The lowest BCUT2D eigenvalue weighted by atomic mass is 9.97. The van der Waals surface area contributed by atoms with Gasteiger partial charge in [-0.1, -0.05) is 6.08 Å². The first-order valence-electron chi connectivity index (χ1n) is 5.62. The van der Waals surface area contributed by atoms with E-state index >= 15 is 0 Å². The fourth-order valence-corrected chi connectivity index (χ4v) is 1.79. The van der Waals surface area contributed by atoms with Crippen LogP contribution in [0.15, 0.2) is 12.1 Å². The summed E-state index contributed by atoms with van der Waals surface area (Å²) < 4.78 is 41.6. The molecule has 104 valence electrons. The Morgan fingerprint density at radius 2 is 1.79 bits per heavy atom. The van der Waals surface area contributed by atoms with Crippen LogP contribution in [0, 0.1) is 20.8 Å². The number of aryl methyl sites for hydroxylation is 1. The van der Waals surface area contributed by atoms with Crippen molar-refractivity contribution >= 4 is 11.9 Å². The highest BCUT2D eigenvalue weighted by atomic mass is 19.4. The number of rotatable bonds is 3. The topological polar surface area (TPSA) is 26.3 Å². The van der Waals surface area contributed by atoms with E-state index in [1.807, 2.05) is 6.92 Å². The Hall–Kier alpha value is -1.78. The number of carbonyl (C=O) groups is 1. The van der Waals surface area contributed by atoms with Crippen LogP contribution in [0.1, 0.15) is 22.3 Å². The molecule has 0 N–H and O–H groups in total. The number of ether oxygens (including phenoxy) is 1. The van der Waals surface area contributed by atoms with Gasteiger partial charge in [0.2, 0.25) is 0 Å². The van der Waals surface area contributed by atoms with Crippen molar-refractivity contribution < 1.29 is 22.7 Å². The Labute approximate surface area is 109 Å². The van der Waals surface area contributed by atoms with Crippen LogP contribution >= 0.6 is 0 Å². The lowest BCUT2D eigenvalue weighted by Gasteiger charge is -2.13. The van der Waals surface area contributed by atoms with Gasteiger partial charge < -0.3 is 4.74 Å². The summed E-state index contributed by atoms with van der Waals surface area (Å²) in [4.78, 5) is 10.8. The first-order chi connectivity index (χ1) is 8.68. The summed E-state index contributed by atoms with van der Waals surface area (Å²) in [5.74, 6) is -1.19. The Balaban J connectivity index is 3.20. The third-order valence-corrected chi connectivity index (χ3v) is 3.01. The molecule has 0 fully saturated rings.